The molecule has 1 aromatic heterocycles. The first-order chi connectivity index (χ1) is 8.84. The van der Waals surface area contributed by atoms with E-state index < -0.39 is 0 Å². The summed E-state index contributed by atoms with van der Waals surface area (Å²) < 4.78 is 7.47. The number of nitrogens with zero attached hydrogens (tertiary/aromatic N) is 1. The molecule has 4 heteroatoms. The van der Waals surface area contributed by atoms with Crippen molar-refractivity contribution in [2.75, 3.05) is 5.32 Å². The van der Waals surface area contributed by atoms with E-state index in [-0.39, 0.29) is 0 Å². The molecule has 3 rings (SSSR count). The van der Waals surface area contributed by atoms with Gasteiger partial charge in [-0.3, -0.25) is 4.57 Å². The lowest BCUT2D eigenvalue weighted by atomic mass is 10.3. The van der Waals surface area contributed by atoms with E-state index in [9.17, 15) is 0 Å². The van der Waals surface area contributed by atoms with Gasteiger partial charge in [-0.2, -0.15) is 0 Å². The minimum atomic E-state index is 0.486. The Labute approximate surface area is 110 Å². The zero-order valence-corrected chi connectivity index (χ0v) is 10.5. The molecule has 18 heavy (non-hydrogen) atoms. The van der Waals surface area contributed by atoms with E-state index in [1.165, 1.54) is 0 Å². The van der Waals surface area contributed by atoms with Crippen molar-refractivity contribution in [1.29, 1.82) is 0 Å². The second-order valence-corrected chi connectivity index (χ2v) is 4.31. The van der Waals surface area contributed by atoms with Gasteiger partial charge in [-0.25, -0.2) is 0 Å². The molecule has 0 saturated heterocycles. The Morgan fingerprint density at radius 1 is 1.00 bits per heavy atom. The Bertz CT molecular complexity index is 715. The summed E-state index contributed by atoms with van der Waals surface area (Å²) in [4.78, 5) is 0.486. The van der Waals surface area contributed by atoms with Crippen LogP contribution in [0.15, 0.2) is 59.0 Å². The Kier molecular flexibility index (Phi) is 2.86. The summed E-state index contributed by atoms with van der Waals surface area (Å²) in [5.74, 6) is 0. The second-order valence-electron chi connectivity index (χ2n) is 3.96. The van der Waals surface area contributed by atoms with E-state index in [1.807, 2.05) is 59.2 Å². The zero-order valence-electron chi connectivity index (χ0n) is 9.67. The van der Waals surface area contributed by atoms with Crippen molar-refractivity contribution in [2.24, 2.45) is 0 Å². The summed E-state index contributed by atoms with van der Waals surface area (Å²) in [6.07, 6.45) is 0. The summed E-state index contributed by atoms with van der Waals surface area (Å²) in [7, 11) is 0. The van der Waals surface area contributed by atoms with Crippen molar-refractivity contribution in [3.63, 3.8) is 0 Å². The molecule has 0 aliphatic rings. The molecule has 1 heterocycles. The summed E-state index contributed by atoms with van der Waals surface area (Å²) in [6.45, 7) is 0.597. The van der Waals surface area contributed by atoms with Crippen LogP contribution in [-0.4, -0.2) is 4.57 Å². The fourth-order valence-electron chi connectivity index (χ4n) is 1.89. The third-order valence-corrected chi connectivity index (χ3v) is 3.09. The molecule has 0 atom stereocenters. The smallest absolute Gasteiger partial charge is 0.271 e. The molecule has 0 aliphatic heterocycles. The van der Waals surface area contributed by atoms with Gasteiger partial charge in [-0.1, -0.05) is 30.3 Å². The second kappa shape index (κ2) is 4.66. The number of fused-ring (bicyclic) bond motifs is 1. The molecule has 0 fully saturated rings. The molecule has 0 bridgehead atoms. The fraction of sp³-hybridized carbons (Fsp3) is 0.0714. The molecule has 0 amide bonds. The van der Waals surface area contributed by atoms with Gasteiger partial charge in [0, 0.05) is 5.69 Å². The molecule has 3 aromatic rings. The van der Waals surface area contributed by atoms with E-state index >= 15 is 0 Å². The number of para-hydroxylation sites is 3. The molecule has 0 saturated carbocycles. The van der Waals surface area contributed by atoms with Crippen LogP contribution in [0.1, 0.15) is 0 Å². The van der Waals surface area contributed by atoms with Gasteiger partial charge in [0.25, 0.3) is 4.84 Å². The van der Waals surface area contributed by atoms with Gasteiger partial charge >= 0.3 is 0 Å². The summed E-state index contributed by atoms with van der Waals surface area (Å²) in [6, 6.07) is 17.9. The molecule has 0 unspecified atom stereocenters. The first kappa shape index (κ1) is 11.0. The van der Waals surface area contributed by atoms with Gasteiger partial charge in [0.1, 0.15) is 0 Å². The first-order valence-electron chi connectivity index (χ1n) is 5.72. The normalized spacial score (nSPS) is 10.7. The van der Waals surface area contributed by atoms with E-state index in [2.05, 4.69) is 5.32 Å². The van der Waals surface area contributed by atoms with E-state index in [0.717, 1.165) is 16.8 Å². The van der Waals surface area contributed by atoms with Gasteiger partial charge in [-0.15, -0.1) is 0 Å². The number of rotatable bonds is 3. The Morgan fingerprint density at radius 3 is 2.56 bits per heavy atom. The lowest BCUT2D eigenvalue weighted by molar-refractivity contribution is 0.546. The van der Waals surface area contributed by atoms with Gasteiger partial charge in [0.2, 0.25) is 0 Å². The number of aromatic nitrogens is 1. The summed E-state index contributed by atoms with van der Waals surface area (Å²) in [5.41, 5.74) is 2.88. The van der Waals surface area contributed by atoms with Crippen LogP contribution < -0.4 is 5.32 Å². The Hall–Kier alpha value is -2.07. The van der Waals surface area contributed by atoms with Crippen LogP contribution in [0, 0.1) is 4.84 Å². The number of oxazole rings is 1. The van der Waals surface area contributed by atoms with E-state index in [4.69, 9.17) is 16.6 Å². The number of nitrogens with one attached hydrogen (secondary N) is 1. The number of hydrogen-bond acceptors (Lipinski definition) is 3. The molecule has 1 N–H and O–H groups in total. The minimum Gasteiger partial charge on any atom is -0.429 e. The van der Waals surface area contributed by atoms with Gasteiger partial charge in [-0.05, 0) is 36.5 Å². The van der Waals surface area contributed by atoms with Crippen molar-refractivity contribution in [3.8, 4) is 0 Å². The Balaban J connectivity index is 1.91. The molecule has 90 valence electrons. The van der Waals surface area contributed by atoms with E-state index in [0.29, 0.717) is 11.5 Å². The SMILES string of the molecule is S=c1oc2ccccc2n1CNc1ccccc1. The topological polar surface area (TPSA) is 30.1 Å². The van der Waals surface area contributed by atoms with Crippen molar-refractivity contribution < 1.29 is 4.42 Å². The average molecular weight is 256 g/mol. The predicted octanol–water partition coefficient (Wildman–Crippen LogP) is 4.03. The van der Waals surface area contributed by atoms with Crippen LogP contribution >= 0.6 is 12.2 Å². The third kappa shape index (κ3) is 2.02. The third-order valence-electron chi connectivity index (χ3n) is 2.79. The molecule has 0 aliphatic carbocycles. The van der Waals surface area contributed by atoms with Gasteiger partial charge < -0.3 is 9.73 Å². The molecule has 0 spiro atoms. The maximum absolute atomic E-state index is 5.53. The van der Waals surface area contributed by atoms with Crippen LogP contribution in [0.25, 0.3) is 11.1 Å². The van der Waals surface area contributed by atoms with E-state index in [1.54, 1.807) is 0 Å². The van der Waals surface area contributed by atoms with Crippen LogP contribution in [0.5, 0.6) is 0 Å². The minimum absolute atomic E-state index is 0.486. The van der Waals surface area contributed by atoms with Crippen LogP contribution in [0.2, 0.25) is 0 Å². The highest BCUT2D eigenvalue weighted by atomic mass is 32.1. The number of hydrogen-bond donors (Lipinski definition) is 1. The maximum atomic E-state index is 5.53. The maximum Gasteiger partial charge on any atom is 0.271 e. The average Bonchev–Trinajstić information content (AvgIpc) is 2.73. The molecule has 2 aromatic carbocycles. The van der Waals surface area contributed by atoms with Crippen molar-refractivity contribution in [1.82, 2.24) is 4.57 Å². The van der Waals surface area contributed by atoms with Crippen LogP contribution in [0.3, 0.4) is 0 Å². The lowest BCUT2D eigenvalue weighted by Crippen LogP contribution is -2.07. The predicted molar refractivity (Wildman–Crippen MR) is 75.1 cm³/mol. The van der Waals surface area contributed by atoms with Crippen molar-refractivity contribution >= 4 is 29.0 Å². The quantitative estimate of drug-likeness (QED) is 0.717. The standard InChI is InChI=1S/C14H12N2OS/c18-14-16(10-15-11-6-2-1-3-7-11)12-8-4-5-9-13(12)17-14/h1-9,15H,10H2. The lowest BCUT2D eigenvalue weighted by Gasteiger charge is -2.07. The first-order valence-corrected chi connectivity index (χ1v) is 6.13. The molecular weight excluding hydrogens is 244 g/mol. The fourth-order valence-corrected chi connectivity index (χ4v) is 2.14. The van der Waals surface area contributed by atoms with Crippen molar-refractivity contribution in [2.45, 2.75) is 6.67 Å². The van der Waals surface area contributed by atoms with Gasteiger partial charge in [0.15, 0.2) is 5.58 Å². The number of benzene rings is 2. The highest BCUT2D eigenvalue weighted by Crippen LogP contribution is 2.17. The molecule has 0 radical (unpaired) electrons. The largest absolute Gasteiger partial charge is 0.429 e. The summed E-state index contributed by atoms with van der Waals surface area (Å²) >= 11 is 5.22. The zero-order chi connectivity index (χ0) is 12.4. The molecular formula is C14H12N2OS. The number of anilines is 1. The highest BCUT2D eigenvalue weighted by molar-refractivity contribution is 7.71. The monoisotopic (exact) mass is 256 g/mol. The highest BCUT2D eigenvalue weighted by Gasteiger charge is 2.04. The van der Waals surface area contributed by atoms with Crippen LogP contribution in [-0.2, 0) is 6.67 Å². The van der Waals surface area contributed by atoms with Crippen LogP contribution in [0.4, 0.5) is 5.69 Å². The summed E-state index contributed by atoms with van der Waals surface area (Å²) in [5, 5.41) is 3.32. The van der Waals surface area contributed by atoms with Crippen molar-refractivity contribution in [3.05, 3.63) is 59.4 Å². The Morgan fingerprint density at radius 2 is 1.72 bits per heavy atom. The van der Waals surface area contributed by atoms with Gasteiger partial charge in [0.05, 0.1) is 12.2 Å². The molecule has 3 nitrogen and oxygen atoms in total.